The highest BCUT2D eigenvalue weighted by molar-refractivity contribution is 5.58. The van der Waals surface area contributed by atoms with Crippen LogP contribution in [-0.2, 0) is 0 Å². The number of aromatic nitrogens is 1. The molecular formula is C20H16N2O5. The highest BCUT2D eigenvalue weighted by atomic mass is 16.7. The van der Waals surface area contributed by atoms with E-state index in [1.165, 1.54) is 0 Å². The smallest absolute Gasteiger partial charge is 0.231 e. The van der Waals surface area contributed by atoms with Crippen molar-refractivity contribution in [3.05, 3.63) is 65.9 Å². The van der Waals surface area contributed by atoms with Crippen molar-refractivity contribution in [3.63, 3.8) is 0 Å². The van der Waals surface area contributed by atoms with Crippen LogP contribution in [0.25, 0.3) is 0 Å². The molecule has 7 nitrogen and oxygen atoms in total. The summed E-state index contributed by atoms with van der Waals surface area (Å²) < 4.78 is 21.7. The summed E-state index contributed by atoms with van der Waals surface area (Å²) in [6.45, 7) is 0.340. The van der Waals surface area contributed by atoms with Crippen molar-refractivity contribution in [2.45, 2.75) is 6.04 Å². The summed E-state index contributed by atoms with van der Waals surface area (Å²) in [5, 5.41) is 14.0. The topological polar surface area (TPSA) is 82.1 Å². The van der Waals surface area contributed by atoms with E-state index < -0.39 is 0 Å². The number of aromatic hydroxyl groups is 1. The highest BCUT2D eigenvalue weighted by Crippen LogP contribution is 2.43. The van der Waals surface area contributed by atoms with E-state index in [9.17, 15) is 5.11 Å². The summed E-state index contributed by atoms with van der Waals surface area (Å²) in [5.41, 5.74) is 1.53. The summed E-state index contributed by atoms with van der Waals surface area (Å²) in [6.07, 6.45) is 1.71. The van der Waals surface area contributed by atoms with Crippen molar-refractivity contribution in [1.82, 2.24) is 4.98 Å². The number of hydrogen-bond acceptors (Lipinski definition) is 7. The monoisotopic (exact) mass is 364 g/mol. The van der Waals surface area contributed by atoms with Gasteiger partial charge in [-0.05, 0) is 35.9 Å². The van der Waals surface area contributed by atoms with Crippen molar-refractivity contribution >= 4 is 5.82 Å². The Hall–Kier alpha value is -3.61. The van der Waals surface area contributed by atoms with Crippen LogP contribution in [0.15, 0.2) is 54.7 Å². The lowest BCUT2D eigenvalue weighted by molar-refractivity contribution is 0.173. The van der Waals surface area contributed by atoms with Crippen molar-refractivity contribution in [2.75, 3.05) is 18.9 Å². The van der Waals surface area contributed by atoms with E-state index in [0.717, 1.165) is 5.56 Å². The number of benzene rings is 2. The zero-order chi connectivity index (χ0) is 18.2. The number of rotatable bonds is 4. The minimum Gasteiger partial charge on any atom is -0.507 e. The lowest BCUT2D eigenvalue weighted by Crippen LogP contribution is -2.13. The lowest BCUT2D eigenvalue weighted by atomic mass is 9.96. The zero-order valence-corrected chi connectivity index (χ0v) is 14.2. The van der Waals surface area contributed by atoms with E-state index in [2.05, 4.69) is 10.3 Å². The molecule has 0 fully saturated rings. The highest BCUT2D eigenvalue weighted by Gasteiger charge is 2.25. The molecule has 5 rings (SSSR count). The molecule has 2 aromatic carbocycles. The molecule has 3 heterocycles. The summed E-state index contributed by atoms with van der Waals surface area (Å²) in [7, 11) is 0. The molecule has 0 unspecified atom stereocenters. The molecule has 0 saturated carbocycles. The van der Waals surface area contributed by atoms with Crippen LogP contribution in [0.3, 0.4) is 0 Å². The van der Waals surface area contributed by atoms with Crippen LogP contribution >= 0.6 is 0 Å². The molecule has 0 spiro atoms. The molecule has 27 heavy (non-hydrogen) atoms. The lowest BCUT2D eigenvalue weighted by Gasteiger charge is -2.22. The predicted molar refractivity (Wildman–Crippen MR) is 96.5 cm³/mol. The maximum atomic E-state index is 10.6. The Kier molecular flexibility index (Phi) is 3.64. The molecule has 3 aromatic rings. The Morgan fingerprint density at radius 3 is 2.37 bits per heavy atom. The molecule has 2 N–H and O–H groups in total. The minimum atomic E-state index is -0.385. The molecular weight excluding hydrogens is 348 g/mol. The Morgan fingerprint density at radius 1 is 0.852 bits per heavy atom. The van der Waals surface area contributed by atoms with Crippen molar-refractivity contribution in [1.29, 1.82) is 0 Å². The van der Waals surface area contributed by atoms with Crippen LogP contribution in [0.2, 0.25) is 0 Å². The third-order valence-electron chi connectivity index (χ3n) is 4.52. The zero-order valence-electron chi connectivity index (χ0n) is 14.2. The van der Waals surface area contributed by atoms with Gasteiger partial charge in [0.25, 0.3) is 0 Å². The largest absolute Gasteiger partial charge is 0.507 e. The van der Waals surface area contributed by atoms with Gasteiger partial charge in [0, 0.05) is 17.8 Å². The van der Waals surface area contributed by atoms with Gasteiger partial charge in [-0.3, -0.25) is 0 Å². The first-order valence-corrected chi connectivity index (χ1v) is 8.47. The van der Waals surface area contributed by atoms with Gasteiger partial charge in [0.2, 0.25) is 13.6 Å². The number of nitrogens with one attached hydrogen (secondary N) is 1. The third kappa shape index (κ3) is 2.83. The van der Waals surface area contributed by atoms with Crippen LogP contribution in [0.4, 0.5) is 5.82 Å². The Morgan fingerprint density at radius 2 is 1.59 bits per heavy atom. The fourth-order valence-corrected chi connectivity index (χ4v) is 3.21. The molecule has 0 bridgehead atoms. The number of anilines is 1. The van der Waals surface area contributed by atoms with Gasteiger partial charge in [0.05, 0.1) is 6.04 Å². The van der Waals surface area contributed by atoms with E-state index in [-0.39, 0.29) is 25.4 Å². The number of phenols is 1. The van der Waals surface area contributed by atoms with Crippen molar-refractivity contribution in [3.8, 4) is 28.7 Å². The fraction of sp³-hybridized carbons (Fsp3) is 0.150. The first-order valence-electron chi connectivity index (χ1n) is 8.47. The molecule has 0 aliphatic carbocycles. The molecule has 2 aliphatic heterocycles. The van der Waals surface area contributed by atoms with Crippen LogP contribution in [0.5, 0.6) is 28.7 Å². The van der Waals surface area contributed by atoms with Crippen molar-refractivity contribution in [2.24, 2.45) is 0 Å². The molecule has 0 radical (unpaired) electrons. The molecule has 7 heteroatoms. The number of ether oxygens (including phenoxy) is 4. The Labute approximate surface area is 155 Å². The average Bonchev–Trinajstić information content (AvgIpc) is 3.34. The normalized spacial score (nSPS) is 14.8. The van der Waals surface area contributed by atoms with E-state index in [0.29, 0.717) is 34.4 Å². The first kappa shape index (κ1) is 15.6. The summed E-state index contributed by atoms with van der Waals surface area (Å²) in [4.78, 5) is 4.34. The number of fused-ring (bicyclic) bond motifs is 2. The van der Waals surface area contributed by atoms with Gasteiger partial charge in [-0.1, -0.05) is 12.1 Å². The summed E-state index contributed by atoms with van der Waals surface area (Å²) in [5.74, 6) is 3.27. The average molecular weight is 364 g/mol. The van der Waals surface area contributed by atoms with E-state index in [4.69, 9.17) is 18.9 Å². The number of pyridine rings is 1. The Bertz CT molecular complexity index is 993. The molecule has 136 valence electrons. The van der Waals surface area contributed by atoms with Crippen LogP contribution in [0.1, 0.15) is 17.2 Å². The summed E-state index contributed by atoms with van der Waals surface area (Å²) in [6, 6.07) is 14.2. The molecule has 0 amide bonds. The quantitative estimate of drug-likeness (QED) is 0.734. The molecule has 0 saturated heterocycles. The number of nitrogens with zero attached hydrogens (tertiary/aromatic N) is 1. The number of hydrogen-bond donors (Lipinski definition) is 2. The summed E-state index contributed by atoms with van der Waals surface area (Å²) >= 11 is 0. The van der Waals surface area contributed by atoms with Gasteiger partial charge >= 0.3 is 0 Å². The van der Waals surface area contributed by atoms with E-state index >= 15 is 0 Å². The van der Waals surface area contributed by atoms with Crippen molar-refractivity contribution < 1.29 is 24.1 Å². The van der Waals surface area contributed by atoms with Gasteiger partial charge in [-0.2, -0.15) is 0 Å². The maximum absolute atomic E-state index is 10.6. The first-order chi connectivity index (χ1) is 13.3. The minimum absolute atomic E-state index is 0.102. The molecule has 1 atom stereocenters. The van der Waals surface area contributed by atoms with Crippen LogP contribution < -0.4 is 24.3 Å². The van der Waals surface area contributed by atoms with E-state index in [1.807, 2.05) is 36.4 Å². The van der Waals surface area contributed by atoms with Crippen LogP contribution in [0, 0.1) is 0 Å². The molecule has 2 aliphatic rings. The SMILES string of the molecule is Oc1cc2c(cc1[C@H](Nc1ccccn1)c1ccc3c(c1)OCO3)OCO2. The van der Waals surface area contributed by atoms with E-state index in [1.54, 1.807) is 18.3 Å². The molecule has 1 aromatic heterocycles. The van der Waals surface area contributed by atoms with Gasteiger partial charge in [0.1, 0.15) is 11.6 Å². The number of phenolic OH excluding ortho intramolecular Hbond substituents is 1. The standard InChI is InChI=1S/C20H16N2O5/c23-14-9-18-17(26-11-27-18)8-13(14)20(22-19-3-1-2-6-21-19)12-4-5-15-16(7-12)25-10-24-15/h1-9,20,23H,10-11H2,(H,21,22)/t20-/m1/s1. The van der Waals surface area contributed by atoms with Crippen LogP contribution in [-0.4, -0.2) is 23.7 Å². The van der Waals surface area contributed by atoms with Gasteiger partial charge in [-0.15, -0.1) is 0 Å². The second-order valence-corrected chi connectivity index (χ2v) is 6.17. The second kappa shape index (κ2) is 6.28. The van der Waals surface area contributed by atoms with Gasteiger partial charge in [-0.25, -0.2) is 4.98 Å². The maximum Gasteiger partial charge on any atom is 0.231 e. The Balaban J connectivity index is 1.60. The van der Waals surface area contributed by atoms with Gasteiger partial charge < -0.3 is 29.4 Å². The fourth-order valence-electron chi connectivity index (χ4n) is 3.21. The third-order valence-corrected chi connectivity index (χ3v) is 4.52. The predicted octanol–water partition coefficient (Wildman–Crippen LogP) is 3.45. The second-order valence-electron chi connectivity index (χ2n) is 6.17. The van der Waals surface area contributed by atoms with Gasteiger partial charge in [0.15, 0.2) is 23.0 Å².